The van der Waals surface area contributed by atoms with Gasteiger partial charge in [0, 0.05) is 17.8 Å². The van der Waals surface area contributed by atoms with Crippen molar-refractivity contribution in [1.82, 2.24) is 14.8 Å². The highest BCUT2D eigenvalue weighted by molar-refractivity contribution is 6.46. The molecule has 1 amide bonds. The number of H-pyrrole nitrogens is 1. The fourth-order valence-corrected chi connectivity index (χ4v) is 4.62. The molecular formula is C27H35N3O5. The Balaban J connectivity index is 2.17. The minimum atomic E-state index is -0.732. The SMILES string of the molecule is COC(=O)c1[nH]c(C)c(C(O)=C2C(=O)C(=O)N(CCCN(C)C)[C@H]2c2ccc(C(C)C)cc2)c1C. The minimum Gasteiger partial charge on any atom is -0.507 e. The number of ketones is 1. The first-order valence-electron chi connectivity index (χ1n) is 11.8. The van der Waals surface area contributed by atoms with Crippen molar-refractivity contribution in [2.75, 3.05) is 34.3 Å². The van der Waals surface area contributed by atoms with E-state index in [1.807, 2.05) is 43.3 Å². The molecule has 8 nitrogen and oxygen atoms in total. The van der Waals surface area contributed by atoms with E-state index in [0.29, 0.717) is 35.7 Å². The third kappa shape index (κ3) is 5.03. The van der Waals surface area contributed by atoms with Crippen molar-refractivity contribution in [3.8, 4) is 0 Å². The number of esters is 1. The number of nitrogens with one attached hydrogen (secondary N) is 1. The van der Waals surface area contributed by atoms with Crippen LogP contribution in [0.25, 0.3) is 5.76 Å². The van der Waals surface area contributed by atoms with Gasteiger partial charge in [-0.05, 0) is 63.5 Å². The zero-order chi connectivity index (χ0) is 26.0. The Kier molecular flexibility index (Phi) is 7.85. The van der Waals surface area contributed by atoms with Gasteiger partial charge in [0.05, 0.1) is 18.7 Å². The topological polar surface area (TPSA) is 103 Å². The molecule has 1 aromatic carbocycles. The lowest BCUT2D eigenvalue weighted by Crippen LogP contribution is -2.32. The quantitative estimate of drug-likeness (QED) is 0.256. The van der Waals surface area contributed by atoms with Gasteiger partial charge in [0.15, 0.2) is 0 Å². The molecule has 1 saturated heterocycles. The van der Waals surface area contributed by atoms with Gasteiger partial charge in [0.2, 0.25) is 0 Å². The van der Waals surface area contributed by atoms with Crippen LogP contribution in [-0.2, 0) is 14.3 Å². The van der Waals surface area contributed by atoms with Gasteiger partial charge < -0.3 is 24.6 Å². The number of aromatic nitrogens is 1. The molecule has 2 aromatic rings. The maximum atomic E-state index is 13.3. The van der Waals surface area contributed by atoms with Gasteiger partial charge in [-0.15, -0.1) is 0 Å². The Bertz CT molecular complexity index is 1160. The van der Waals surface area contributed by atoms with E-state index in [0.717, 1.165) is 17.7 Å². The van der Waals surface area contributed by atoms with Gasteiger partial charge in [0.25, 0.3) is 11.7 Å². The van der Waals surface area contributed by atoms with Crippen LogP contribution in [0.15, 0.2) is 29.8 Å². The monoisotopic (exact) mass is 481 g/mol. The Morgan fingerprint density at radius 2 is 1.80 bits per heavy atom. The van der Waals surface area contributed by atoms with Gasteiger partial charge in [-0.25, -0.2) is 4.79 Å². The number of likely N-dealkylation sites (tertiary alicyclic amines) is 1. The van der Waals surface area contributed by atoms with Crippen LogP contribution in [0.5, 0.6) is 0 Å². The molecule has 0 radical (unpaired) electrons. The van der Waals surface area contributed by atoms with Gasteiger partial charge in [-0.1, -0.05) is 38.1 Å². The molecular weight excluding hydrogens is 446 g/mol. The molecule has 0 spiro atoms. The third-order valence-electron chi connectivity index (χ3n) is 6.53. The van der Waals surface area contributed by atoms with Crippen molar-refractivity contribution in [3.05, 3.63) is 63.5 Å². The highest BCUT2D eigenvalue weighted by Crippen LogP contribution is 2.41. The summed E-state index contributed by atoms with van der Waals surface area (Å²) in [5.74, 6) is -1.91. The van der Waals surface area contributed by atoms with Crippen molar-refractivity contribution in [2.24, 2.45) is 0 Å². The van der Waals surface area contributed by atoms with Crippen molar-refractivity contribution >= 4 is 23.4 Å². The second-order valence-electron chi connectivity index (χ2n) is 9.59. The number of ether oxygens (including phenoxy) is 1. The molecule has 1 aliphatic heterocycles. The number of benzene rings is 1. The fourth-order valence-electron chi connectivity index (χ4n) is 4.62. The molecule has 8 heteroatoms. The number of carbonyl (C=O) groups excluding carboxylic acids is 3. The average Bonchev–Trinajstić information content (AvgIpc) is 3.25. The van der Waals surface area contributed by atoms with Crippen LogP contribution in [0.3, 0.4) is 0 Å². The summed E-state index contributed by atoms with van der Waals surface area (Å²) < 4.78 is 4.83. The van der Waals surface area contributed by atoms with Crippen molar-refractivity contribution in [1.29, 1.82) is 0 Å². The zero-order valence-electron chi connectivity index (χ0n) is 21.6. The van der Waals surface area contributed by atoms with Crippen LogP contribution < -0.4 is 0 Å². The molecule has 1 atom stereocenters. The van der Waals surface area contributed by atoms with Crippen LogP contribution in [-0.4, -0.2) is 71.8 Å². The van der Waals surface area contributed by atoms with E-state index in [4.69, 9.17) is 4.74 Å². The summed E-state index contributed by atoms with van der Waals surface area (Å²) in [5, 5.41) is 11.4. The number of amides is 1. The number of hydrogen-bond donors (Lipinski definition) is 2. The predicted molar refractivity (Wildman–Crippen MR) is 134 cm³/mol. The summed E-state index contributed by atoms with van der Waals surface area (Å²) in [5.41, 5.74) is 3.41. The standard InChI is InChI=1S/C27H35N3O5/c1-15(2)18-9-11-19(12-10-18)23-21(25(32)26(33)30(23)14-8-13-29(5)6)24(31)20-16(3)22(27(34)35-7)28-17(20)4/h9-12,15,23,28,31H,8,13-14H2,1-7H3/t23-/m0/s1. The lowest BCUT2D eigenvalue weighted by atomic mass is 9.92. The first-order valence-corrected chi connectivity index (χ1v) is 11.8. The molecule has 0 unspecified atom stereocenters. The number of methoxy groups -OCH3 is 1. The van der Waals surface area contributed by atoms with E-state index in [-0.39, 0.29) is 17.0 Å². The molecule has 0 saturated carbocycles. The Morgan fingerprint density at radius 3 is 2.34 bits per heavy atom. The average molecular weight is 482 g/mol. The van der Waals surface area contributed by atoms with Crippen molar-refractivity contribution in [3.63, 3.8) is 0 Å². The van der Waals surface area contributed by atoms with E-state index in [1.54, 1.807) is 18.7 Å². The predicted octanol–water partition coefficient (Wildman–Crippen LogP) is 3.91. The van der Waals surface area contributed by atoms with E-state index >= 15 is 0 Å². The lowest BCUT2D eigenvalue weighted by Gasteiger charge is -2.26. The van der Waals surface area contributed by atoms with Crippen LogP contribution >= 0.6 is 0 Å². The van der Waals surface area contributed by atoms with Crippen molar-refractivity contribution < 1.29 is 24.2 Å². The van der Waals surface area contributed by atoms with Gasteiger partial charge in [0.1, 0.15) is 11.5 Å². The smallest absolute Gasteiger partial charge is 0.354 e. The number of hydrogen-bond acceptors (Lipinski definition) is 6. The van der Waals surface area contributed by atoms with E-state index in [9.17, 15) is 19.5 Å². The largest absolute Gasteiger partial charge is 0.507 e. The number of nitrogens with zero attached hydrogens (tertiary/aromatic N) is 2. The molecule has 1 aromatic heterocycles. The zero-order valence-corrected chi connectivity index (χ0v) is 21.6. The number of carbonyl (C=O) groups is 3. The second-order valence-corrected chi connectivity index (χ2v) is 9.59. The summed E-state index contributed by atoms with van der Waals surface area (Å²) in [6.45, 7) is 8.69. The highest BCUT2D eigenvalue weighted by Gasteiger charge is 2.46. The van der Waals surface area contributed by atoms with Gasteiger partial charge in [-0.2, -0.15) is 0 Å². The third-order valence-corrected chi connectivity index (χ3v) is 6.53. The summed E-state index contributed by atoms with van der Waals surface area (Å²) >= 11 is 0. The van der Waals surface area contributed by atoms with E-state index < -0.39 is 23.7 Å². The molecule has 1 fully saturated rings. The van der Waals surface area contributed by atoms with Crippen LogP contribution in [0.4, 0.5) is 0 Å². The molecule has 35 heavy (non-hydrogen) atoms. The normalized spacial score (nSPS) is 17.6. The number of aliphatic hydroxyl groups excluding tert-OH is 1. The Labute approximate surface area is 206 Å². The maximum Gasteiger partial charge on any atom is 0.354 e. The number of aromatic amines is 1. The fraction of sp³-hybridized carbons (Fsp3) is 0.444. The van der Waals surface area contributed by atoms with E-state index in [1.165, 1.54) is 7.11 Å². The Morgan fingerprint density at radius 1 is 1.17 bits per heavy atom. The first kappa shape index (κ1) is 26.2. The number of rotatable bonds is 8. The number of aliphatic hydroxyl groups is 1. The number of Topliss-reactive ketones (excluding diaryl/α,β-unsaturated/α-hetero) is 1. The molecule has 2 heterocycles. The Hall–Kier alpha value is -3.39. The first-order chi connectivity index (χ1) is 16.5. The number of aryl methyl sites for hydroxylation is 1. The van der Waals surface area contributed by atoms with E-state index in [2.05, 4.69) is 18.8 Å². The summed E-state index contributed by atoms with van der Waals surface area (Å²) in [4.78, 5) is 45.1. The van der Waals surface area contributed by atoms with Crippen LogP contribution in [0.1, 0.15) is 70.7 Å². The lowest BCUT2D eigenvalue weighted by molar-refractivity contribution is -0.139. The van der Waals surface area contributed by atoms with Gasteiger partial charge >= 0.3 is 5.97 Å². The summed E-state index contributed by atoms with van der Waals surface area (Å²) in [6, 6.07) is 7.07. The molecule has 2 N–H and O–H groups in total. The van der Waals surface area contributed by atoms with Gasteiger partial charge in [-0.3, -0.25) is 9.59 Å². The molecule has 0 bridgehead atoms. The van der Waals surface area contributed by atoms with Crippen LogP contribution in [0, 0.1) is 13.8 Å². The summed E-state index contributed by atoms with van der Waals surface area (Å²) in [6.07, 6.45) is 0.676. The summed E-state index contributed by atoms with van der Waals surface area (Å²) in [7, 11) is 5.18. The maximum absolute atomic E-state index is 13.3. The second kappa shape index (κ2) is 10.5. The highest BCUT2D eigenvalue weighted by atomic mass is 16.5. The molecule has 1 aliphatic rings. The molecule has 3 rings (SSSR count). The van der Waals surface area contributed by atoms with Crippen LogP contribution in [0.2, 0.25) is 0 Å². The molecule has 0 aliphatic carbocycles. The van der Waals surface area contributed by atoms with Crippen molar-refractivity contribution in [2.45, 2.75) is 46.1 Å². The minimum absolute atomic E-state index is 0.0266. The molecule has 188 valence electrons.